The first-order valence-corrected chi connectivity index (χ1v) is 8.60. The van der Waals surface area contributed by atoms with Crippen LogP contribution in [0.5, 0.6) is 0 Å². The number of carbonyl (C=O) groups is 2. The second-order valence-electron chi connectivity index (χ2n) is 8.15. The normalized spacial score (nSPS) is 34.9. The molecular weight excluding hydrogens is 272 g/mol. The fraction of sp³-hybridized carbons (Fsp3) is 0.700. The van der Waals surface area contributed by atoms with E-state index in [0.29, 0.717) is 16.9 Å². The Hall–Kier alpha value is -1.18. The standard InChI is InChI=1S/C20H30O2/c1-15-6-9-18-19(2,3)11-5-12-20(18,4)17(15)8-7-16(14-22)10-13-21/h7,13-14,17-18H,1,5-6,8-12H2,2-4H3/b16-7-. The number of rotatable bonds is 5. The van der Waals surface area contributed by atoms with Gasteiger partial charge in [0.2, 0.25) is 0 Å². The van der Waals surface area contributed by atoms with E-state index in [1.807, 2.05) is 6.08 Å². The minimum Gasteiger partial charge on any atom is -0.303 e. The molecule has 0 heterocycles. The molecule has 3 atom stereocenters. The molecule has 22 heavy (non-hydrogen) atoms. The highest BCUT2D eigenvalue weighted by molar-refractivity contribution is 5.78. The molecule has 0 aliphatic heterocycles. The molecule has 2 aliphatic carbocycles. The number of hydrogen-bond acceptors (Lipinski definition) is 2. The Labute approximate surface area is 135 Å². The van der Waals surface area contributed by atoms with Crippen molar-refractivity contribution in [3.8, 4) is 0 Å². The van der Waals surface area contributed by atoms with Gasteiger partial charge in [0.25, 0.3) is 0 Å². The van der Waals surface area contributed by atoms with Crippen molar-refractivity contribution in [2.24, 2.45) is 22.7 Å². The zero-order valence-corrected chi connectivity index (χ0v) is 14.4. The van der Waals surface area contributed by atoms with Crippen LogP contribution in [0.2, 0.25) is 0 Å². The van der Waals surface area contributed by atoms with Crippen molar-refractivity contribution in [2.45, 2.75) is 65.7 Å². The van der Waals surface area contributed by atoms with E-state index in [2.05, 4.69) is 27.4 Å². The first-order chi connectivity index (χ1) is 10.3. The van der Waals surface area contributed by atoms with Gasteiger partial charge in [-0.15, -0.1) is 0 Å². The molecule has 122 valence electrons. The predicted molar refractivity (Wildman–Crippen MR) is 90.5 cm³/mol. The molecule has 3 unspecified atom stereocenters. The second-order valence-corrected chi connectivity index (χ2v) is 8.15. The fourth-order valence-electron chi connectivity index (χ4n) is 5.25. The van der Waals surface area contributed by atoms with Gasteiger partial charge in [0.15, 0.2) is 0 Å². The molecule has 2 saturated carbocycles. The Morgan fingerprint density at radius 3 is 2.64 bits per heavy atom. The third kappa shape index (κ3) is 3.11. The molecule has 0 spiro atoms. The largest absolute Gasteiger partial charge is 0.303 e. The first-order valence-electron chi connectivity index (χ1n) is 8.60. The van der Waals surface area contributed by atoms with E-state index in [-0.39, 0.29) is 11.8 Å². The minimum atomic E-state index is 0.230. The Balaban J connectivity index is 2.26. The number of aldehydes is 2. The van der Waals surface area contributed by atoms with Gasteiger partial charge in [-0.25, -0.2) is 0 Å². The van der Waals surface area contributed by atoms with Crippen molar-refractivity contribution in [2.75, 3.05) is 0 Å². The van der Waals surface area contributed by atoms with Gasteiger partial charge in [-0.3, -0.25) is 4.79 Å². The van der Waals surface area contributed by atoms with Crippen LogP contribution in [0.25, 0.3) is 0 Å². The third-order valence-corrected chi connectivity index (χ3v) is 6.41. The van der Waals surface area contributed by atoms with E-state index in [4.69, 9.17) is 0 Å². The third-order valence-electron chi connectivity index (χ3n) is 6.41. The highest BCUT2D eigenvalue weighted by Crippen LogP contribution is 2.61. The van der Waals surface area contributed by atoms with Gasteiger partial charge in [-0.05, 0) is 60.3 Å². The zero-order chi connectivity index (χ0) is 16.4. The molecule has 2 heteroatoms. The van der Waals surface area contributed by atoms with E-state index in [1.165, 1.54) is 31.3 Å². The Kier molecular flexibility index (Phi) is 5.09. The van der Waals surface area contributed by atoms with Gasteiger partial charge < -0.3 is 4.79 Å². The van der Waals surface area contributed by atoms with Crippen molar-refractivity contribution in [1.29, 1.82) is 0 Å². The summed E-state index contributed by atoms with van der Waals surface area (Å²) in [5.41, 5.74) is 2.63. The van der Waals surface area contributed by atoms with Crippen LogP contribution in [-0.4, -0.2) is 12.6 Å². The molecule has 0 bridgehead atoms. The van der Waals surface area contributed by atoms with Crippen molar-refractivity contribution in [3.05, 3.63) is 23.8 Å². The molecule has 0 aromatic heterocycles. The molecule has 0 aromatic rings. The lowest BCUT2D eigenvalue weighted by molar-refractivity contribution is -0.109. The highest BCUT2D eigenvalue weighted by atomic mass is 16.1. The molecule has 2 aliphatic rings. The van der Waals surface area contributed by atoms with E-state index >= 15 is 0 Å². The van der Waals surface area contributed by atoms with Crippen molar-refractivity contribution in [1.82, 2.24) is 0 Å². The van der Waals surface area contributed by atoms with Crippen LogP contribution in [0.4, 0.5) is 0 Å². The first kappa shape index (κ1) is 17.2. The highest BCUT2D eigenvalue weighted by Gasteiger charge is 2.52. The molecule has 0 N–H and O–H groups in total. The maximum atomic E-state index is 11.1. The van der Waals surface area contributed by atoms with E-state index < -0.39 is 0 Å². The molecule has 0 saturated heterocycles. The Bertz CT molecular complexity index is 486. The number of allylic oxidation sites excluding steroid dienone is 3. The zero-order valence-electron chi connectivity index (χ0n) is 14.4. The van der Waals surface area contributed by atoms with Crippen LogP contribution in [0.1, 0.15) is 65.7 Å². The van der Waals surface area contributed by atoms with Crippen LogP contribution in [0.3, 0.4) is 0 Å². The van der Waals surface area contributed by atoms with Crippen molar-refractivity contribution < 1.29 is 9.59 Å². The van der Waals surface area contributed by atoms with Crippen LogP contribution < -0.4 is 0 Å². The number of carbonyl (C=O) groups excluding carboxylic acids is 2. The Morgan fingerprint density at radius 2 is 2.00 bits per heavy atom. The SMILES string of the molecule is C=C1CCC2C(C)(C)CCCC2(C)C1C/C=C(\C=O)CC=O. The maximum absolute atomic E-state index is 11.1. The summed E-state index contributed by atoms with van der Waals surface area (Å²) in [4.78, 5) is 21.7. The quantitative estimate of drug-likeness (QED) is 0.411. The summed E-state index contributed by atoms with van der Waals surface area (Å²) in [6.07, 6.45) is 10.9. The number of fused-ring (bicyclic) bond motifs is 1. The molecule has 0 aromatic carbocycles. The van der Waals surface area contributed by atoms with Gasteiger partial charge in [-0.1, -0.05) is 45.4 Å². The van der Waals surface area contributed by atoms with Crippen molar-refractivity contribution in [3.63, 3.8) is 0 Å². The number of hydrogen-bond donors (Lipinski definition) is 0. The van der Waals surface area contributed by atoms with Crippen molar-refractivity contribution >= 4 is 12.6 Å². The monoisotopic (exact) mass is 302 g/mol. The smallest absolute Gasteiger partial charge is 0.146 e. The summed E-state index contributed by atoms with van der Waals surface area (Å²) in [6.45, 7) is 11.6. The van der Waals surface area contributed by atoms with Gasteiger partial charge in [0.05, 0.1) is 0 Å². The summed E-state index contributed by atoms with van der Waals surface area (Å²) in [6, 6.07) is 0. The second kappa shape index (κ2) is 6.52. The van der Waals surface area contributed by atoms with Gasteiger partial charge in [-0.2, -0.15) is 0 Å². The average molecular weight is 302 g/mol. The summed E-state index contributed by atoms with van der Waals surface area (Å²) in [5.74, 6) is 1.16. The average Bonchev–Trinajstić information content (AvgIpc) is 2.44. The van der Waals surface area contributed by atoms with Gasteiger partial charge in [0, 0.05) is 6.42 Å². The van der Waals surface area contributed by atoms with E-state index in [1.54, 1.807) is 0 Å². The van der Waals surface area contributed by atoms with Crippen LogP contribution >= 0.6 is 0 Å². The summed E-state index contributed by atoms with van der Waals surface area (Å²) in [7, 11) is 0. The van der Waals surface area contributed by atoms with Crippen LogP contribution in [0.15, 0.2) is 23.8 Å². The molecule has 2 nitrogen and oxygen atoms in total. The van der Waals surface area contributed by atoms with Gasteiger partial charge >= 0.3 is 0 Å². The molecule has 2 fully saturated rings. The summed E-state index contributed by atoms with van der Waals surface area (Å²) >= 11 is 0. The van der Waals surface area contributed by atoms with Crippen LogP contribution in [-0.2, 0) is 9.59 Å². The minimum absolute atomic E-state index is 0.230. The molecular formula is C20H30O2. The molecule has 0 amide bonds. The molecule has 2 rings (SSSR count). The lowest BCUT2D eigenvalue weighted by Gasteiger charge is -2.58. The predicted octanol–water partition coefficient (Wildman–Crippen LogP) is 4.89. The molecule has 0 radical (unpaired) electrons. The van der Waals surface area contributed by atoms with Crippen LogP contribution in [0, 0.1) is 22.7 Å². The maximum Gasteiger partial charge on any atom is 0.146 e. The fourth-order valence-corrected chi connectivity index (χ4v) is 5.25. The lowest BCUT2D eigenvalue weighted by atomic mass is 9.47. The van der Waals surface area contributed by atoms with E-state index in [0.717, 1.165) is 31.3 Å². The topological polar surface area (TPSA) is 34.1 Å². The summed E-state index contributed by atoms with van der Waals surface area (Å²) < 4.78 is 0. The lowest BCUT2D eigenvalue weighted by Crippen LogP contribution is -2.49. The Morgan fingerprint density at radius 1 is 1.27 bits per heavy atom. The summed E-state index contributed by atoms with van der Waals surface area (Å²) in [5, 5.41) is 0. The van der Waals surface area contributed by atoms with Gasteiger partial charge in [0.1, 0.15) is 12.6 Å². The van der Waals surface area contributed by atoms with E-state index in [9.17, 15) is 9.59 Å².